The van der Waals surface area contributed by atoms with E-state index in [9.17, 15) is 9.59 Å². The first-order valence-electron chi connectivity index (χ1n) is 8.05. The van der Waals surface area contributed by atoms with Gasteiger partial charge < -0.3 is 14.2 Å². The number of rotatable bonds is 5. The Morgan fingerprint density at radius 2 is 1.96 bits per heavy atom. The fraction of sp³-hybridized carbons (Fsp3) is 0.200. The summed E-state index contributed by atoms with van der Waals surface area (Å²) in [5.74, 6) is 0.499. The zero-order valence-corrected chi connectivity index (χ0v) is 14.0. The smallest absolute Gasteiger partial charge is 0.347 e. The molecule has 1 atom stereocenters. The summed E-state index contributed by atoms with van der Waals surface area (Å²) in [5, 5.41) is 0. The van der Waals surface area contributed by atoms with Crippen LogP contribution in [0, 0.1) is 0 Å². The highest BCUT2D eigenvalue weighted by Crippen LogP contribution is 2.35. The molecule has 1 aliphatic heterocycles. The number of ether oxygens (including phenoxy) is 3. The van der Waals surface area contributed by atoms with Gasteiger partial charge in [0.25, 0.3) is 0 Å². The minimum Gasteiger partial charge on any atom is -0.479 e. The summed E-state index contributed by atoms with van der Waals surface area (Å²) in [6.07, 6.45) is 0.957. The van der Waals surface area contributed by atoms with Crippen molar-refractivity contribution in [1.82, 2.24) is 0 Å². The van der Waals surface area contributed by atoms with Crippen molar-refractivity contribution in [2.75, 3.05) is 6.61 Å². The van der Waals surface area contributed by atoms with Crippen LogP contribution in [0.4, 0.5) is 0 Å². The van der Waals surface area contributed by atoms with E-state index in [1.165, 1.54) is 0 Å². The maximum Gasteiger partial charge on any atom is 0.347 e. The van der Waals surface area contributed by atoms with Crippen LogP contribution in [0.3, 0.4) is 0 Å². The van der Waals surface area contributed by atoms with Gasteiger partial charge in [0.15, 0.2) is 11.9 Å². The van der Waals surface area contributed by atoms with Gasteiger partial charge in [-0.25, -0.2) is 4.79 Å². The topological polar surface area (TPSA) is 61.8 Å². The van der Waals surface area contributed by atoms with Gasteiger partial charge in [-0.15, -0.1) is 0 Å². The number of Topliss-reactive ketones (excluding diaryl/α,β-unsaturated/α-hetero) is 1. The van der Waals surface area contributed by atoms with E-state index in [-0.39, 0.29) is 11.5 Å². The average molecular weight is 338 g/mol. The van der Waals surface area contributed by atoms with Crippen LogP contribution in [0.2, 0.25) is 0 Å². The highest BCUT2D eigenvalue weighted by Gasteiger charge is 2.28. The molecule has 0 aliphatic carbocycles. The molecule has 128 valence electrons. The van der Waals surface area contributed by atoms with Crippen molar-refractivity contribution < 1.29 is 23.8 Å². The number of esters is 1. The minimum absolute atomic E-state index is 0.177. The van der Waals surface area contributed by atoms with Crippen LogP contribution in [0.15, 0.2) is 54.3 Å². The van der Waals surface area contributed by atoms with E-state index in [1.807, 2.05) is 30.3 Å². The van der Waals surface area contributed by atoms with Crippen LogP contribution in [0.5, 0.6) is 11.5 Å². The maximum absolute atomic E-state index is 12.4. The van der Waals surface area contributed by atoms with Gasteiger partial charge in [-0.05, 0) is 37.6 Å². The first kappa shape index (κ1) is 16.8. The predicted octanol–water partition coefficient (Wildman–Crippen LogP) is 3.63. The SMILES string of the molecule is CCOC(=O)[C@H](C)Oc1ccc2c(c1)OC(=Cc1ccccc1)C2=O. The lowest BCUT2D eigenvalue weighted by Crippen LogP contribution is -2.26. The van der Waals surface area contributed by atoms with Gasteiger partial charge in [-0.2, -0.15) is 0 Å². The lowest BCUT2D eigenvalue weighted by atomic mass is 10.1. The van der Waals surface area contributed by atoms with Crippen molar-refractivity contribution in [3.05, 3.63) is 65.4 Å². The van der Waals surface area contributed by atoms with Gasteiger partial charge in [0.05, 0.1) is 12.2 Å². The Morgan fingerprint density at radius 3 is 2.68 bits per heavy atom. The van der Waals surface area contributed by atoms with Gasteiger partial charge in [0.1, 0.15) is 11.5 Å². The Bertz CT molecular complexity index is 823. The molecule has 25 heavy (non-hydrogen) atoms. The second kappa shape index (κ2) is 7.21. The monoisotopic (exact) mass is 338 g/mol. The minimum atomic E-state index is -0.741. The van der Waals surface area contributed by atoms with Crippen LogP contribution < -0.4 is 9.47 Å². The molecule has 2 aromatic carbocycles. The third-order valence-corrected chi connectivity index (χ3v) is 3.67. The Labute approximate surface area is 145 Å². The molecular formula is C20H18O5. The fourth-order valence-corrected chi connectivity index (χ4v) is 2.45. The Morgan fingerprint density at radius 1 is 1.20 bits per heavy atom. The van der Waals surface area contributed by atoms with Crippen LogP contribution in [-0.4, -0.2) is 24.5 Å². The first-order chi connectivity index (χ1) is 12.1. The Balaban J connectivity index is 1.78. The summed E-state index contributed by atoms with van der Waals surface area (Å²) in [6, 6.07) is 14.4. The summed E-state index contributed by atoms with van der Waals surface area (Å²) < 4.78 is 16.1. The van der Waals surface area contributed by atoms with Crippen molar-refractivity contribution in [3.8, 4) is 11.5 Å². The number of ketones is 1. The van der Waals surface area contributed by atoms with Crippen LogP contribution >= 0.6 is 0 Å². The van der Waals surface area contributed by atoms with Gasteiger partial charge >= 0.3 is 5.97 Å². The molecule has 0 saturated carbocycles. The van der Waals surface area contributed by atoms with Crippen LogP contribution in [0.1, 0.15) is 29.8 Å². The second-order valence-electron chi connectivity index (χ2n) is 5.52. The average Bonchev–Trinajstić information content (AvgIpc) is 2.91. The standard InChI is InChI=1S/C20H18O5/c1-3-23-20(22)13(2)24-15-9-10-16-17(12-15)25-18(19(16)21)11-14-7-5-4-6-8-14/h4-13H,3H2,1-2H3/t13-/m0/s1. The lowest BCUT2D eigenvalue weighted by Gasteiger charge is -2.13. The van der Waals surface area contributed by atoms with Crippen molar-refractivity contribution in [2.45, 2.75) is 20.0 Å². The maximum atomic E-state index is 12.4. The van der Waals surface area contributed by atoms with Crippen molar-refractivity contribution in [3.63, 3.8) is 0 Å². The van der Waals surface area contributed by atoms with Gasteiger partial charge in [0.2, 0.25) is 5.78 Å². The van der Waals surface area contributed by atoms with E-state index in [1.54, 1.807) is 38.1 Å². The molecule has 5 nitrogen and oxygen atoms in total. The molecule has 0 aromatic heterocycles. The van der Waals surface area contributed by atoms with Gasteiger partial charge in [0, 0.05) is 6.07 Å². The van der Waals surface area contributed by atoms with E-state index in [4.69, 9.17) is 14.2 Å². The summed E-state index contributed by atoms with van der Waals surface area (Å²) >= 11 is 0. The van der Waals surface area contributed by atoms with Gasteiger partial charge in [-0.3, -0.25) is 4.79 Å². The third kappa shape index (κ3) is 3.71. The number of allylic oxidation sites excluding steroid dienone is 1. The number of hydrogen-bond acceptors (Lipinski definition) is 5. The molecule has 0 spiro atoms. The van der Waals surface area contributed by atoms with Crippen molar-refractivity contribution >= 4 is 17.8 Å². The number of carbonyl (C=O) groups excluding carboxylic acids is 2. The quantitative estimate of drug-likeness (QED) is 0.615. The van der Waals surface area contributed by atoms with E-state index >= 15 is 0 Å². The third-order valence-electron chi connectivity index (χ3n) is 3.67. The fourth-order valence-electron chi connectivity index (χ4n) is 2.45. The lowest BCUT2D eigenvalue weighted by molar-refractivity contribution is -0.150. The normalized spacial score (nSPS) is 15.4. The molecule has 3 rings (SSSR count). The molecule has 0 fully saturated rings. The predicted molar refractivity (Wildman–Crippen MR) is 92.5 cm³/mol. The molecule has 0 amide bonds. The number of hydrogen-bond donors (Lipinski definition) is 0. The molecule has 5 heteroatoms. The van der Waals surface area contributed by atoms with Crippen LogP contribution in [0.25, 0.3) is 6.08 Å². The molecule has 0 N–H and O–H groups in total. The zero-order chi connectivity index (χ0) is 17.8. The second-order valence-corrected chi connectivity index (χ2v) is 5.52. The molecule has 0 bridgehead atoms. The number of carbonyl (C=O) groups is 2. The molecule has 2 aromatic rings. The first-order valence-corrected chi connectivity index (χ1v) is 8.05. The van der Waals surface area contributed by atoms with E-state index in [0.29, 0.717) is 23.7 Å². The molecule has 1 heterocycles. The summed E-state index contributed by atoms with van der Waals surface area (Å²) in [6.45, 7) is 3.64. The molecule has 0 unspecified atom stereocenters. The molecule has 1 aliphatic rings. The number of fused-ring (bicyclic) bond motifs is 1. The van der Waals surface area contributed by atoms with Gasteiger partial charge in [-0.1, -0.05) is 30.3 Å². The summed E-state index contributed by atoms with van der Waals surface area (Å²) in [7, 11) is 0. The largest absolute Gasteiger partial charge is 0.479 e. The Hall–Kier alpha value is -3.08. The number of benzene rings is 2. The van der Waals surface area contributed by atoms with Crippen molar-refractivity contribution in [2.24, 2.45) is 0 Å². The molecule has 0 saturated heterocycles. The summed E-state index contributed by atoms with van der Waals surface area (Å²) in [4.78, 5) is 24.1. The van der Waals surface area contributed by atoms with E-state index in [0.717, 1.165) is 5.56 Å². The Kier molecular flexibility index (Phi) is 4.84. The molecular weight excluding hydrogens is 320 g/mol. The molecule has 0 radical (unpaired) electrons. The summed E-state index contributed by atoms with van der Waals surface area (Å²) in [5.41, 5.74) is 1.35. The van der Waals surface area contributed by atoms with Crippen LogP contribution in [-0.2, 0) is 9.53 Å². The zero-order valence-electron chi connectivity index (χ0n) is 14.0. The van der Waals surface area contributed by atoms with E-state index in [2.05, 4.69) is 0 Å². The highest BCUT2D eigenvalue weighted by molar-refractivity contribution is 6.14. The van der Waals surface area contributed by atoms with E-state index < -0.39 is 12.1 Å². The van der Waals surface area contributed by atoms with Crippen molar-refractivity contribution in [1.29, 1.82) is 0 Å². The highest BCUT2D eigenvalue weighted by atomic mass is 16.6.